The first kappa shape index (κ1) is 14.0. The minimum Gasteiger partial charge on any atom is -0.330 e. The first-order valence-corrected chi connectivity index (χ1v) is 8.16. The number of nitrogens with two attached hydrogens (primary N) is 1. The number of hydrogen-bond donors (Lipinski definition) is 1. The van der Waals surface area contributed by atoms with Crippen LogP contribution in [0.1, 0.15) is 56.0 Å². The highest BCUT2D eigenvalue weighted by Crippen LogP contribution is 2.43. The molecule has 0 spiro atoms. The Balaban J connectivity index is 1.97. The summed E-state index contributed by atoms with van der Waals surface area (Å²) in [6.45, 7) is 5.31. The summed E-state index contributed by atoms with van der Waals surface area (Å²) >= 11 is 1.80. The Morgan fingerprint density at radius 3 is 3.00 bits per heavy atom. The SMILES string of the molecule is CCC1CCCC(CN)(CCc2scnc2C)C1. The van der Waals surface area contributed by atoms with Crippen molar-refractivity contribution >= 4 is 11.3 Å². The summed E-state index contributed by atoms with van der Waals surface area (Å²) in [5, 5.41) is 0. The molecule has 1 aliphatic rings. The van der Waals surface area contributed by atoms with Crippen molar-refractivity contribution in [3.8, 4) is 0 Å². The molecule has 0 aromatic carbocycles. The molecule has 2 atom stereocenters. The highest BCUT2D eigenvalue weighted by atomic mass is 32.1. The predicted molar refractivity (Wildman–Crippen MR) is 78.9 cm³/mol. The third-order valence-corrected chi connectivity index (χ3v) is 5.77. The molecule has 102 valence electrons. The number of rotatable bonds is 5. The Bertz CT molecular complexity index is 374. The minimum absolute atomic E-state index is 0.412. The standard InChI is InChI=1S/C15H26N2S/c1-3-13-5-4-7-15(9-13,10-16)8-6-14-12(2)17-11-18-14/h11,13H,3-10,16H2,1-2H3. The zero-order valence-corrected chi connectivity index (χ0v) is 12.6. The monoisotopic (exact) mass is 266 g/mol. The highest BCUT2D eigenvalue weighted by Gasteiger charge is 2.34. The molecule has 0 amide bonds. The first-order valence-electron chi connectivity index (χ1n) is 7.28. The maximum atomic E-state index is 6.12. The van der Waals surface area contributed by atoms with Gasteiger partial charge in [0.05, 0.1) is 11.2 Å². The molecular weight excluding hydrogens is 240 g/mol. The molecule has 2 nitrogen and oxygen atoms in total. The third-order valence-electron chi connectivity index (χ3n) is 4.78. The zero-order valence-electron chi connectivity index (χ0n) is 11.7. The summed E-state index contributed by atoms with van der Waals surface area (Å²) < 4.78 is 0. The smallest absolute Gasteiger partial charge is 0.0797 e. The van der Waals surface area contributed by atoms with Gasteiger partial charge in [-0.3, -0.25) is 0 Å². The van der Waals surface area contributed by atoms with E-state index in [4.69, 9.17) is 5.73 Å². The summed E-state index contributed by atoms with van der Waals surface area (Å²) in [6, 6.07) is 0. The third kappa shape index (κ3) is 3.12. The van der Waals surface area contributed by atoms with Gasteiger partial charge in [0, 0.05) is 4.88 Å². The van der Waals surface area contributed by atoms with Gasteiger partial charge in [-0.15, -0.1) is 11.3 Å². The summed E-state index contributed by atoms with van der Waals surface area (Å²) in [7, 11) is 0. The second-order valence-corrected chi connectivity index (χ2v) is 6.88. The van der Waals surface area contributed by atoms with E-state index in [1.165, 1.54) is 55.5 Å². The maximum Gasteiger partial charge on any atom is 0.0797 e. The van der Waals surface area contributed by atoms with Crippen molar-refractivity contribution in [1.82, 2.24) is 4.98 Å². The molecule has 0 radical (unpaired) electrons. The first-order chi connectivity index (χ1) is 8.69. The molecule has 1 aromatic rings. The predicted octanol–water partition coefficient (Wildman–Crippen LogP) is 3.93. The Labute approximate surface area is 115 Å². The molecule has 3 heteroatoms. The quantitative estimate of drug-likeness (QED) is 0.877. The van der Waals surface area contributed by atoms with E-state index in [9.17, 15) is 0 Å². The number of hydrogen-bond acceptors (Lipinski definition) is 3. The van der Waals surface area contributed by atoms with Crippen LogP contribution in [0.2, 0.25) is 0 Å². The molecule has 1 heterocycles. The van der Waals surface area contributed by atoms with Crippen LogP contribution in [0.15, 0.2) is 5.51 Å². The van der Waals surface area contributed by atoms with E-state index in [0.29, 0.717) is 5.41 Å². The van der Waals surface area contributed by atoms with E-state index >= 15 is 0 Å². The molecule has 1 saturated carbocycles. The van der Waals surface area contributed by atoms with Gasteiger partial charge in [-0.05, 0) is 50.5 Å². The van der Waals surface area contributed by atoms with Crippen molar-refractivity contribution in [2.75, 3.05) is 6.54 Å². The van der Waals surface area contributed by atoms with Crippen LogP contribution in [-0.2, 0) is 6.42 Å². The lowest BCUT2D eigenvalue weighted by atomic mass is 9.66. The van der Waals surface area contributed by atoms with Gasteiger partial charge in [-0.1, -0.05) is 26.2 Å². The molecule has 2 unspecified atom stereocenters. The number of aryl methyl sites for hydroxylation is 2. The largest absolute Gasteiger partial charge is 0.330 e. The summed E-state index contributed by atoms with van der Waals surface area (Å²) in [4.78, 5) is 5.81. The van der Waals surface area contributed by atoms with Crippen molar-refractivity contribution in [3.05, 3.63) is 16.1 Å². The van der Waals surface area contributed by atoms with Crippen molar-refractivity contribution in [3.63, 3.8) is 0 Å². The number of aromatic nitrogens is 1. The van der Waals surface area contributed by atoms with Crippen molar-refractivity contribution < 1.29 is 0 Å². The van der Waals surface area contributed by atoms with Crippen LogP contribution >= 0.6 is 11.3 Å². The lowest BCUT2D eigenvalue weighted by Crippen LogP contribution is -2.36. The Hall–Kier alpha value is -0.410. The fraction of sp³-hybridized carbons (Fsp3) is 0.800. The molecule has 1 aliphatic carbocycles. The minimum atomic E-state index is 0.412. The molecule has 2 N–H and O–H groups in total. The second-order valence-electron chi connectivity index (χ2n) is 5.94. The Morgan fingerprint density at radius 2 is 2.39 bits per heavy atom. The van der Waals surface area contributed by atoms with E-state index in [2.05, 4.69) is 18.8 Å². The second kappa shape index (κ2) is 6.16. The van der Waals surface area contributed by atoms with Gasteiger partial charge in [-0.25, -0.2) is 4.98 Å². The molecule has 1 aromatic heterocycles. The van der Waals surface area contributed by atoms with E-state index in [-0.39, 0.29) is 0 Å². The summed E-state index contributed by atoms with van der Waals surface area (Å²) in [6.07, 6.45) is 9.21. The summed E-state index contributed by atoms with van der Waals surface area (Å²) in [5.74, 6) is 0.907. The van der Waals surface area contributed by atoms with Gasteiger partial charge in [0.15, 0.2) is 0 Å². The fourth-order valence-electron chi connectivity index (χ4n) is 3.39. The lowest BCUT2D eigenvalue weighted by Gasteiger charge is -2.40. The summed E-state index contributed by atoms with van der Waals surface area (Å²) in [5.41, 5.74) is 9.72. The van der Waals surface area contributed by atoms with E-state index < -0.39 is 0 Å². The van der Waals surface area contributed by atoms with Gasteiger partial charge in [0.25, 0.3) is 0 Å². The molecule has 18 heavy (non-hydrogen) atoms. The molecule has 1 fully saturated rings. The van der Waals surface area contributed by atoms with E-state index in [1.807, 2.05) is 5.51 Å². The van der Waals surface area contributed by atoms with E-state index in [0.717, 1.165) is 12.5 Å². The van der Waals surface area contributed by atoms with Crippen molar-refractivity contribution in [2.45, 2.75) is 58.8 Å². The Morgan fingerprint density at radius 1 is 1.56 bits per heavy atom. The van der Waals surface area contributed by atoms with Crippen LogP contribution in [0, 0.1) is 18.3 Å². The lowest BCUT2D eigenvalue weighted by molar-refractivity contribution is 0.132. The van der Waals surface area contributed by atoms with Crippen LogP contribution < -0.4 is 5.73 Å². The average molecular weight is 266 g/mol. The van der Waals surface area contributed by atoms with Crippen LogP contribution in [0.25, 0.3) is 0 Å². The normalized spacial score (nSPS) is 28.5. The fourth-order valence-corrected chi connectivity index (χ4v) is 4.17. The van der Waals surface area contributed by atoms with Crippen LogP contribution in [0.4, 0.5) is 0 Å². The number of nitrogens with zero attached hydrogens (tertiary/aromatic N) is 1. The van der Waals surface area contributed by atoms with Gasteiger partial charge >= 0.3 is 0 Å². The zero-order chi connectivity index (χ0) is 13.0. The Kier molecular flexibility index (Phi) is 4.79. The average Bonchev–Trinajstić information content (AvgIpc) is 2.82. The molecule has 2 rings (SSSR count). The van der Waals surface area contributed by atoms with Gasteiger partial charge in [0.1, 0.15) is 0 Å². The van der Waals surface area contributed by atoms with Crippen molar-refractivity contribution in [2.24, 2.45) is 17.1 Å². The maximum absolute atomic E-state index is 6.12. The molecular formula is C15H26N2S. The van der Waals surface area contributed by atoms with Crippen LogP contribution in [-0.4, -0.2) is 11.5 Å². The molecule has 0 aliphatic heterocycles. The molecule has 0 saturated heterocycles. The van der Waals surface area contributed by atoms with Crippen LogP contribution in [0.5, 0.6) is 0 Å². The topological polar surface area (TPSA) is 38.9 Å². The van der Waals surface area contributed by atoms with Gasteiger partial charge in [-0.2, -0.15) is 0 Å². The highest BCUT2D eigenvalue weighted by molar-refractivity contribution is 7.09. The van der Waals surface area contributed by atoms with Gasteiger partial charge < -0.3 is 5.73 Å². The molecule has 0 bridgehead atoms. The van der Waals surface area contributed by atoms with Crippen LogP contribution in [0.3, 0.4) is 0 Å². The number of thiazole rings is 1. The van der Waals surface area contributed by atoms with Gasteiger partial charge in [0.2, 0.25) is 0 Å². The van der Waals surface area contributed by atoms with Crippen molar-refractivity contribution in [1.29, 1.82) is 0 Å². The van der Waals surface area contributed by atoms with E-state index in [1.54, 1.807) is 11.3 Å².